The number of esters is 1. The molecule has 168 valence electrons. The van der Waals surface area contributed by atoms with Crippen molar-refractivity contribution in [1.82, 2.24) is 0 Å². The Hall–Kier alpha value is -0.650. The predicted molar refractivity (Wildman–Crippen MR) is 113 cm³/mol. The van der Waals surface area contributed by atoms with E-state index in [0.717, 1.165) is 32.0 Å². The minimum atomic E-state index is 0.120. The van der Waals surface area contributed by atoms with Gasteiger partial charge >= 0.3 is 5.97 Å². The number of carbonyl (C=O) groups excluding carboxylic acids is 1. The minimum Gasteiger partial charge on any atom is -0.462 e. The number of hydrogen-bond donors (Lipinski definition) is 2. The van der Waals surface area contributed by atoms with Crippen LogP contribution in [0.2, 0.25) is 0 Å². The molecule has 0 bridgehead atoms. The molecule has 2 aliphatic carbocycles. The van der Waals surface area contributed by atoms with E-state index in [1.54, 1.807) is 4.90 Å². The SMILES string of the molecule is C[C@]12CCC[C@@]3(CO3)[C@@H]1C[C@H]1[C@@H](C2)OC(=O)[C@@H]1C[NH+]1CCC([NH+]2CCCCC2)CC1. The monoisotopic (exact) mass is 418 g/mol. The van der Waals surface area contributed by atoms with Gasteiger partial charge in [0.2, 0.25) is 0 Å². The number of quaternary nitrogens is 2. The van der Waals surface area contributed by atoms with Crippen LogP contribution in [0.5, 0.6) is 0 Å². The predicted octanol–water partition coefficient (Wildman–Crippen LogP) is 0.630. The largest absolute Gasteiger partial charge is 0.462 e. The third-order valence-corrected chi connectivity index (χ3v) is 10.4. The molecule has 2 N–H and O–H groups in total. The summed E-state index contributed by atoms with van der Waals surface area (Å²) in [6.45, 7) is 9.72. The van der Waals surface area contributed by atoms with E-state index in [0.29, 0.717) is 17.3 Å². The highest BCUT2D eigenvalue weighted by Crippen LogP contribution is 2.62. The molecule has 5 nitrogen and oxygen atoms in total. The van der Waals surface area contributed by atoms with Crippen molar-refractivity contribution in [1.29, 1.82) is 0 Å². The zero-order valence-electron chi connectivity index (χ0n) is 18.9. The Morgan fingerprint density at radius 3 is 2.53 bits per heavy atom. The topological polar surface area (TPSA) is 47.7 Å². The lowest BCUT2D eigenvalue weighted by molar-refractivity contribution is -0.961. The van der Waals surface area contributed by atoms with E-state index in [2.05, 4.69) is 6.92 Å². The van der Waals surface area contributed by atoms with Gasteiger partial charge in [0.1, 0.15) is 12.0 Å². The summed E-state index contributed by atoms with van der Waals surface area (Å²) in [5, 5.41) is 0. The molecule has 4 saturated heterocycles. The van der Waals surface area contributed by atoms with Gasteiger partial charge in [0.05, 0.1) is 51.0 Å². The summed E-state index contributed by atoms with van der Waals surface area (Å²) in [5.74, 6) is 1.33. The first-order valence-electron chi connectivity index (χ1n) is 13.1. The van der Waals surface area contributed by atoms with Crippen LogP contribution in [0.25, 0.3) is 0 Å². The van der Waals surface area contributed by atoms with Crippen LogP contribution in [0.4, 0.5) is 0 Å². The van der Waals surface area contributed by atoms with E-state index in [1.807, 2.05) is 4.90 Å². The van der Waals surface area contributed by atoms with Crippen molar-refractivity contribution in [3.05, 3.63) is 0 Å². The Labute approximate surface area is 181 Å². The molecule has 6 fully saturated rings. The third kappa shape index (κ3) is 3.34. The lowest BCUT2D eigenvalue weighted by atomic mass is 9.53. The molecular formula is C25H42N2O3+2. The summed E-state index contributed by atoms with van der Waals surface area (Å²) in [6.07, 6.45) is 13.2. The number of piperidine rings is 2. The van der Waals surface area contributed by atoms with Crippen LogP contribution in [-0.2, 0) is 14.3 Å². The number of nitrogens with one attached hydrogen (secondary N) is 2. The van der Waals surface area contributed by atoms with Gasteiger partial charge in [-0.15, -0.1) is 0 Å². The van der Waals surface area contributed by atoms with Crippen molar-refractivity contribution >= 4 is 5.97 Å². The van der Waals surface area contributed by atoms with Gasteiger partial charge in [0.15, 0.2) is 0 Å². The summed E-state index contributed by atoms with van der Waals surface area (Å²) in [7, 11) is 0. The average molecular weight is 419 g/mol. The van der Waals surface area contributed by atoms with Crippen molar-refractivity contribution < 1.29 is 24.1 Å². The molecule has 0 amide bonds. The third-order valence-electron chi connectivity index (χ3n) is 10.4. The first kappa shape index (κ1) is 20.0. The van der Waals surface area contributed by atoms with Crippen LogP contribution >= 0.6 is 0 Å². The Balaban J connectivity index is 1.10. The summed E-state index contributed by atoms with van der Waals surface area (Å²) in [6, 6.07) is 0.877. The molecule has 4 aliphatic heterocycles. The van der Waals surface area contributed by atoms with E-state index < -0.39 is 0 Å². The van der Waals surface area contributed by atoms with Crippen molar-refractivity contribution in [3.63, 3.8) is 0 Å². The molecule has 0 aromatic heterocycles. The molecule has 0 unspecified atom stereocenters. The van der Waals surface area contributed by atoms with Crippen molar-refractivity contribution in [2.75, 3.05) is 39.3 Å². The van der Waals surface area contributed by atoms with E-state index in [9.17, 15) is 4.79 Å². The molecule has 2 saturated carbocycles. The number of carbonyl (C=O) groups is 1. The van der Waals surface area contributed by atoms with Crippen LogP contribution in [0, 0.1) is 23.2 Å². The highest BCUT2D eigenvalue weighted by molar-refractivity contribution is 5.75. The summed E-state index contributed by atoms with van der Waals surface area (Å²) >= 11 is 0. The van der Waals surface area contributed by atoms with Crippen LogP contribution in [0.3, 0.4) is 0 Å². The number of hydrogen-bond acceptors (Lipinski definition) is 3. The summed E-state index contributed by atoms with van der Waals surface area (Å²) < 4.78 is 12.1. The minimum absolute atomic E-state index is 0.120. The fourth-order valence-corrected chi connectivity index (χ4v) is 8.55. The van der Waals surface area contributed by atoms with Gasteiger partial charge < -0.3 is 19.3 Å². The zero-order chi connectivity index (χ0) is 20.3. The maximum absolute atomic E-state index is 12.9. The molecule has 4 heterocycles. The van der Waals surface area contributed by atoms with Crippen LogP contribution < -0.4 is 9.80 Å². The van der Waals surface area contributed by atoms with E-state index in [1.165, 1.54) is 77.5 Å². The maximum atomic E-state index is 12.9. The van der Waals surface area contributed by atoms with E-state index >= 15 is 0 Å². The molecule has 1 spiro atoms. The highest BCUT2D eigenvalue weighted by Gasteiger charge is 2.65. The fourth-order valence-electron chi connectivity index (χ4n) is 8.55. The second-order valence-corrected chi connectivity index (χ2v) is 12.0. The smallest absolute Gasteiger partial charge is 0.315 e. The molecule has 6 atom stereocenters. The number of ether oxygens (including phenoxy) is 2. The Bertz CT molecular complexity index is 665. The quantitative estimate of drug-likeness (QED) is 0.522. The normalized spacial score (nSPS) is 51.3. The second kappa shape index (κ2) is 7.45. The van der Waals surface area contributed by atoms with Gasteiger partial charge in [-0.3, -0.25) is 4.79 Å². The number of rotatable bonds is 3. The summed E-state index contributed by atoms with van der Waals surface area (Å²) in [4.78, 5) is 16.5. The van der Waals surface area contributed by atoms with Crippen molar-refractivity contribution in [2.24, 2.45) is 23.2 Å². The Kier molecular flexibility index (Phi) is 4.97. The Morgan fingerprint density at radius 1 is 1.03 bits per heavy atom. The molecule has 0 radical (unpaired) electrons. The van der Waals surface area contributed by atoms with Crippen molar-refractivity contribution in [2.45, 2.75) is 88.9 Å². The van der Waals surface area contributed by atoms with Crippen LogP contribution in [-0.4, -0.2) is 63.0 Å². The molecule has 0 aromatic carbocycles. The first-order valence-corrected chi connectivity index (χ1v) is 13.1. The molecule has 6 aliphatic rings. The lowest BCUT2D eigenvalue weighted by Crippen LogP contribution is -3.21. The second-order valence-electron chi connectivity index (χ2n) is 12.0. The standard InChI is InChI=1S/C25H40N2O3/c1-24-8-5-9-25(17-29-25)22(24)14-19-20(23(28)30-21(19)15-24)16-26-12-6-18(7-13-26)27-10-3-2-4-11-27/h18-22H,2-17H2,1H3/p+2/t19-,20-,21-,22-,24-,25-/m1/s1. The van der Waals surface area contributed by atoms with Crippen molar-refractivity contribution in [3.8, 4) is 0 Å². The molecule has 6 rings (SSSR count). The van der Waals surface area contributed by atoms with Crippen LogP contribution in [0.15, 0.2) is 0 Å². The van der Waals surface area contributed by atoms with Gasteiger partial charge in [-0.05, 0) is 62.7 Å². The number of epoxide rings is 1. The van der Waals surface area contributed by atoms with E-state index in [4.69, 9.17) is 9.47 Å². The molecular weight excluding hydrogens is 376 g/mol. The van der Waals surface area contributed by atoms with Gasteiger partial charge in [0.25, 0.3) is 0 Å². The first-order chi connectivity index (χ1) is 14.6. The van der Waals surface area contributed by atoms with Crippen LogP contribution in [0.1, 0.15) is 71.1 Å². The molecule has 30 heavy (non-hydrogen) atoms. The van der Waals surface area contributed by atoms with Gasteiger partial charge in [-0.1, -0.05) is 6.92 Å². The zero-order valence-corrected chi connectivity index (χ0v) is 18.9. The van der Waals surface area contributed by atoms with Gasteiger partial charge in [0, 0.05) is 18.8 Å². The molecule has 5 heteroatoms. The number of fused-ring (bicyclic) bond motifs is 3. The Morgan fingerprint density at radius 2 is 1.80 bits per heavy atom. The maximum Gasteiger partial charge on any atom is 0.315 e. The molecule has 0 aromatic rings. The van der Waals surface area contributed by atoms with Gasteiger partial charge in [-0.2, -0.15) is 0 Å². The fraction of sp³-hybridized carbons (Fsp3) is 0.960. The van der Waals surface area contributed by atoms with Gasteiger partial charge in [-0.25, -0.2) is 0 Å². The number of likely N-dealkylation sites (tertiary alicyclic amines) is 2. The highest BCUT2D eigenvalue weighted by atomic mass is 16.6. The van der Waals surface area contributed by atoms with E-state index in [-0.39, 0.29) is 23.6 Å². The lowest BCUT2D eigenvalue weighted by Gasteiger charge is -2.51. The summed E-state index contributed by atoms with van der Waals surface area (Å²) in [5.41, 5.74) is 0.476. The average Bonchev–Trinajstić information content (AvgIpc) is 3.46.